The third kappa shape index (κ3) is 5.41. The number of carbonyl (C=O) groups is 1. The van der Waals surface area contributed by atoms with Crippen LogP contribution in [0.1, 0.15) is 28.8 Å². The average Bonchev–Trinajstić information content (AvgIpc) is 2.80. The molecule has 5 nitrogen and oxygen atoms in total. The molecule has 32 heavy (non-hydrogen) atoms. The lowest BCUT2D eigenvalue weighted by Gasteiger charge is -2.31. The zero-order valence-electron chi connectivity index (χ0n) is 17.5. The van der Waals surface area contributed by atoms with E-state index >= 15 is 0 Å². The number of Topliss-reactive ketones (excluding diaryl/α,β-unsaturated/α-hetero) is 1. The van der Waals surface area contributed by atoms with Crippen LogP contribution in [-0.2, 0) is 16.7 Å². The highest BCUT2D eigenvalue weighted by molar-refractivity contribution is 7.87. The molecular formula is C25H24FNO4S. The molecule has 1 aliphatic rings. The Labute approximate surface area is 187 Å². The van der Waals surface area contributed by atoms with Gasteiger partial charge in [-0.05, 0) is 67.9 Å². The molecule has 166 valence electrons. The van der Waals surface area contributed by atoms with E-state index in [-0.39, 0.29) is 22.3 Å². The zero-order chi connectivity index (χ0) is 22.6. The molecule has 0 saturated carbocycles. The quantitative estimate of drug-likeness (QED) is 0.384. The summed E-state index contributed by atoms with van der Waals surface area (Å²) in [4.78, 5) is 15.2. The summed E-state index contributed by atoms with van der Waals surface area (Å²) in [5, 5.41) is 0. The fourth-order valence-corrected chi connectivity index (χ4v) is 4.83. The molecule has 0 radical (unpaired) electrons. The van der Waals surface area contributed by atoms with Gasteiger partial charge in [-0.3, -0.25) is 9.69 Å². The van der Waals surface area contributed by atoms with E-state index in [1.807, 2.05) is 18.2 Å². The van der Waals surface area contributed by atoms with E-state index in [1.54, 1.807) is 12.1 Å². The first kappa shape index (κ1) is 22.2. The Morgan fingerprint density at radius 2 is 1.62 bits per heavy atom. The van der Waals surface area contributed by atoms with E-state index in [4.69, 9.17) is 4.18 Å². The van der Waals surface area contributed by atoms with Gasteiger partial charge in [-0.15, -0.1) is 0 Å². The van der Waals surface area contributed by atoms with Gasteiger partial charge in [0.05, 0.1) is 0 Å². The first-order valence-corrected chi connectivity index (χ1v) is 11.9. The van der Waals surface area contributed by atoms with Crippen molar-refractivity contribution in [3.8, 4) is 5.75 Å². The molecule has 4 rings (SSSR count). The maximum Gasteiger partial charge on any atom is 0.339 e. The van der Waals surface area contributed by atoms with Gasteiger partial charge in [0.25, 0.3) is 0 Å². The molecule has 0 spiro atoms. The van der Waals surface area contributed by atoms with Crippen LogP contribution in [0.5, 0.6) is 5.75 Å². The zero-order valence-corrected chi connectivity index (χ0v) is 18.3. The molecule has 1 heterocycles. The van der Waals surface area contributed by atoms with Gasteiger partial charge in [0.1, 0.15) is 16.5 Å². The molecule has 0 aromatic heterocycles. The van der Waals surface area contributed by atoms with Crippen LogP contribution in [-0.4, -0.2) is 32.2 Å². The third-order valence-electron chi connectivity index (χ3n) is 5.63. The highest BCUT2D eigenvalue weighted by atomic mass is 32.2. The number of benzene rings is 3. The van der Waals surface area contributed by atoms with Crippen molar-refractivity contribution in [1.29, 1.82) is 0 Å². The van der Waals surface area contributed by atoms with Crippen LogP contribution in [0, 0.1) is 11.7 Å². The van der Waals surface area contributed by atoms with Crippen molar-refractivity contribution >= 4 is 15.9 Å². The summed E-state index contributed by atoms with van der Waals surface area (Å²) in [5.41, 5.74) is 1.68. The molecule has 0 amide bonds. The summed E-state index contributed by atoms with van der Waals surface area (Å²) < 4.78 is 43.1. The summed E-state index contributed by atoms with van der Waals surface area (Å²) in [6.45, 7) is 2.53. The number of nitrogens with zero attached hydrogens (tertiary/aromatic N) is 1. The number of piperidine rings is 1. The lowest BCUT2D eigenvalue weighted by molar-refractivity contribution is 0.0834. The van der Waals surface area contributed by atoms with Crippen LogP contribution >= 0.6 is 0 Å². The highest BCUT2D eigenvalue weighted by Gasteiger charge is 2.26. The van der Waals surface area contributed by atoms with Crippen molar-refractivity contribution in [2.24, 2.45) is 5.92 Å². The summed E-state index contributed by atoms with van der Waals surface area (Å²) in [6.07, 6.45) is 1.51. The van der Waals surface area contributed by atoms with Gasteiger partial charge in [0.2, 0.25) is 0 Å². The molecule has 0 N–H and O–H groups in total. The van der Waals surface area contributed by atoms with Gasteiger partial charge in [-0.25, -0.2) is 4.39 Å². The Balaban J connectivity index is 1.39. The Morgan fingerprint density at radius 3 is 2.31 bits per heavy atom. The lowest BCUT2D eigenvalue weighted by atomic mass is 9.88. The maximum absolute atomic E-state index is 13.1. The maximum atomic E-state index is 13.1. The number of rotatable bonds is 7. The molecule has 0 atom stereocenters. The van der Waals surface area contributed by atoms with E-state index in [0.717, 1.165) is 56.7 Å². The average molecular weight is 454 g/mol. The van der Waals surface area contributed by atoms with Gasteiger partial charge in [-0.2, -0.15) is 8.42 Å². The smallest absolute Gasteiger partial charge is 0.339 e. The minimum absolute atomic E-state index is 0.00556. The van der Waals surface area contributed by atoms with Gasteiger partial charge in [0, 0.05) is 18.0 Å². The number of likely N-dealkylation sites (tertiary alicyclic amines) is 1. The molecule has 1 fully saturated rings. The largest absolute Gasteiger partial charge is 0.379 e. The van der Waals surface area contributed by atoms with Crippen molar-refractivity contribution < 1.29 is 21.8 Å². The summed E-state index contributed by atoms with van der Waals surface area (Å²) >= 11 is 0. The lowest BCUT2D eigenvalue weighted by Crippen LogP contribution is -2.35. The van der Waals surface area contributed by atoms with Gasteiger partial charge in [0.15, 0.2) is 5.78 Å². The van der Waals surface area contributed by atoms with Gasteiger partial charge in [-0.1, -0.05) is 42.5 Å². The minimum atomic E-state index is -4.12. The molecule has 3 aromatic rings. The van der Waals surface area contributed by atoms with E-state index in [9.17, 15) is 17.6 Å². The topological polar surface area (TPSA) is 63.7 Å². The van der Waals surface area contributed by atoms with E-state index in [0.29, 0.717) is 5.56 Å². The van der Waals surface area contributed by atoms with Crippen LogP contribution in [0.25, 0.3) is 0 Å². The van der Waals surface area contributed by atoms with Crippen LogP contribution in [0.4, 0.5) is 4.39 Å². The van der Waals surface area contributed by atoms with Crippen LogP contribution in [0.15, 0.2) is 83.8 Å². The molecular weight excluding hydrogens is 429 g/mol. The van der Waals surface area contributed by atoms with Crippen LogP contribution in [0.2, 0.25) is 0 Å². The van der Waals surface area contributed by atoms with Crippen molar-refractivity contribution in [3.63, 3.8) is 0 Å². The fourth-order valence-electron chi connectivity index (χ4n) is 3.91. The van der Waals surface area contributed by atoms with Crippen LogP contribution < -0.4 is 4.18 Å². The number of halogens is 1. The predicted molar refractivity (Wildman–Crippen MR) is 119 cm³/mol. The standard InChI is InChI=1S/C25H24FNO4S/c26-22-9-11-24(12-10-22)32(29,30)31-23-8-4-7-21(17-23)25(28)20-13-15-27(16-14-20)18-19-5-2-1-3-6-19/h1-12,17,20H,13-16,18H2. The minimum Gasteiger partial charge on any atom is -0.379 e. The Morgan fingerprint density at radius 1 is 0.938 bits per heavy atom. The SMILES string of the molecule is O=C(c1cccc(OS(=O)(=O)c2ccc(F)cc2)c1)C1CCN(Cc2ccccc2)CC1. The first-order valence-electron chi connectivity index (χ1n) is 10.5. The second-order valence-corrected chi connectivity index (χ2v) is 9.47. The molecule has 7 heteroatoms. The first-order chi connectivity index (χ1) is 15.4. The Bertz CT molecular complexity index is 1170. The van der Waals surface area contributed by atoms with Crippen LogP contribution in [0.3, 0.4) is 0 Å². The number of carbonyl (C=O) groups excluding carboxylic acids is 1. The van der Waals surface area contributed by atoms with Gasteiger partial charge >= 0.3 is 10.1 Å². The fraction of sp³-hybridized carbons (Fsp3) is 0.240. The second-order valence-electron chi connectivity index (χ2n) is 7.92. The molecule has 0 aliphatic carbocycles. The molecule has 3 aromatic carbocycles. The van der Waals surface area contributed by atoms with E-state index < -0.39 is 15.9 Å². The van der Waals surface area contributed by atoms with Crippen molar-refractivity contribution in [1.82, 2.24) is 4.90 Å². The molecule has 0 unspecified atom stereocenters. The normalized spacial score (nSPS) is 15.4. The summed E-state index contributed by atoms with van der Waals surface area (Å²) in [7, 11) is -4.12. The van der Waals surface area contributed by atoms with Crippen molar-refractivity contribution in [2.75, 3.05) is 13.1 Å². The molecule has 1 saturated heterocycles. The summed E-state index contributed by atoms with van der Waals surface area (Å²) in [5.74, 6) is -0.590. The van der Waals surface area contributed by atoms with E-state index in [1.165, 1.54) is 17.7 Å². The third-order valence-corrected chi connectivity index (χ3v) is 6.90. The molecule has 1 aliphatic heterocycles. The van der Waals surface area contributed by atoms with Gasteiger partial charge < -0.3 is 4.18 Å². The van der Waals surface area contributed by atoms with Crippen molar-refractivity contribution in [3.05, 3.63) is 95.8 Å². The van der Waals surface area contributed by atoms with E-state index in [2.05, 4.69) is 17.0 Å². The number of hydrogen-bond donors (Lipinski definition) is 0. The number of ketones is 1. The Hall–Kier alpha value is -3.03. The monoisotopic (exact) mass is 453 g/mol. The summed E-state index contributed by atoms with van der Waals surface area (Å²) in [6, 6.07) is 20.9. The van der Waals surface area contributed by atoms with Crippen molar-refractivity contribution in [2.45, 2.75) is 24.3 Å². The second kappa shape index (κ2) is 9.63. The number of hydrogen-bond acceptors (Lipinski definition) is 5. The Kier molecular flexibility index (Phi) is 6.67. The molecule has 0 bridgehead atoms. The highest BCUT2D eigenvalue weighted by Crippen LogP contribution is 2.26. The predicted octanol–water partition coefficient (Wildman–Crippen LogP) is 4.69.